The molecule has 2 aromatic carbocycles. The molecule has 18 heavy (non-hydrogen) atoms. The number of nitrogens with two attached hydrogens (primary N) is 1. The van der Waals surface area contributed by atoms with Crippen molar-refractivity contribution >= 4 is 0 Å². The summed E-state index contributed by atoms with van der Waals surface area (Å²) in [4.78, 5) is 0. The molecule has 0 spiro atoms. The molecule has 0 aliphatic carbocycles. The second-order valence-corrected chi connectivity index (χ2v) is 4.35. The first-order chi connectivity index (χ1) is 8.83. The molecule has 0 radical (unpaired) electrons. The van der Waals surface area contributed by atoms with Crippen molar-refractivity contribution < 1.29 is 4.74 Å². The number of benzene rings is 2. The van der Waals surface area contributed by atoms with E-state index in [1.54, 1.807) is 7.11 Å². The second kappa shape index (κ2) is 6.22. The zero-order valence-electron chi connectivity index (χ0n) is 10.7. The Morgan fingerprint density at radius 2 is 1.78 bits per heavy atom. The third-order valence-corrected chi connectivity index (χ3v) is 3.02. The van der Waals surface area contributed by atoms with Gasteiger partial charge in [-0.25, -0.2) is 0 Å². The van der Waals surface area contributed by atoms with E-state index in [1.165, 1.54) is 16.7 Å². The van der Waals surface area contributed by atoms with Crippen molar-refractivity contribution in [1.29, 1.82) is 0 Å². The van der Waals surface area contributed by atoms with Crippen molar-refractivity contribution in [2.24, 2.45) is 5.73 Å². The van der Waals surface area contributed by atoms with Gasteiger partial charge in [-0.3, -0.25) is 0 Å². The summed E-state index contributed by atoms with van der Waals surface area (Å²) in [6.45, 7) is 0.678. The van der Waals surface area contributed by atoms with Crippen molar-refractivity contribution in [3.63, 3.8) is 0 Å². The Bertz CT molecular complexity index is 494. The SMILES string of the molecule is COc1ccc(CCN)cc1Cc1ccccc1. The van der Waals surface area contributed by atoms with Crippen LogP contribution < -0.4 is 10.5 Å². The molecule has 2 heteroatoms. The van der Waals surface area contributed by atoms with Crippen LogP contribution in [0.25, 0.3) is 0 Å². The fraction of sp³-hybridized carbons (Fsp3) is 0.250. The maximum Gasteiger partial charge on any atom is 0.122 e. The quantitative estimate of drug-likeness (QED) is 0.873. The van der Waals surface area contributed by atoms with Crippen LogP contribution >= 0.6 is 0 Å². The minimum absolute atomic E-state index is 0.678. The second-order valence-electron chi connectivity index (χ2n) is 4.35. The van der Waals surface area contributed by atoms with E-state index < -0.39 is 0 Å². The van der Waals surface area contributed by atoms with Crippen molar-refractivity contribution in [1.82, 2.24) is 0 Å². The summed E-state index contributed by atoms with van der Waals surface area (Å²) in [5.74, 6) is 0.944. The summed E-state index contributed by atoms with van der Waals surface area (Å²) in [5.41, 5.74) is 9.38. The van der Waals surface area contributed by atoms with E-state index in [0.29, 0.717) is 6.54 Å². The lowest BCUT2D eigenvalue weighted by Gasteiger charge is -2.10. The fourth-order valence-electron chi connectivity index (χ4n) is 2.11. The topological polar surface area (TPSA) is 35.2 Å². The Morgan fingerprint density at radius 3 is 2.44 bits per heavy atom. The molecule has 0 unspecified atom stereocenters. The molecular formula is C16H19NO. The third-order valence-electron chi connectivity index (χ3n) is 3.02. The van der Waals surface area contributed by atoms with Gasteiger partial charge in [0.2, 0.25) is 0 Å². The molecule has 0 amide bonds. The molecule has 2 N–H and O–H groups in total. The molecule has 0 aliphatic rings. The maximum atomic E-state index is 5.60. The smallest absolute Gasteiger partial charge is 0.122 e. The predicted molar refractivity (Wildman–Crippen MR) is 75.0 cm³/mol. The van der Waals surface area contributed by atoms with Gasteiger partial charge in [0, 0.05) is 6.42 Å². The van der Waals surface area contributed by atoms with Crippen LogP contribution in [-0.4, -0.2) is 13.7 Å². The summed E-state index contributed by atoms with van der Waals surface area (Å²) in [5, 5.41) is 0. The highest BCUT2D eigenvalue weighted by Crippen LogP contribution is 2.23. The summed E-state index contributed by atoms with van der Waals surface area (Å²) < 4.78 is 5.42. The van der Waals surface area contributed by atoms with Crippen molar-refractivity contribution in [2.75, 3.05) is 13.7 Å². The minimum Gasteiger partial charge on any atom is -0.496 e. The highest BCUT2D eigenvalue weighted by molar-refractivity contribution is 5.40. The maximum absolute atomic E-state index is 5.60. The highest BCUT2D eigenvalue weighted by Gasteiger charge is 2.05. The van der Waals surface area contributed by atoms with Gasteiger partial charge in [0.25, 0.3) is 0 Å². The van der Waals surface area contributed by atoms with Crippen LogP contribution in [0.1, 0.15) is 16.7 Å². The highest BCUT2D eigenvalue weighted by atomic mass is 16.5. The van der Waals surface area contributed by atoms with Gasteiger partial charge in [0.05, 0.1) is 7.11 Å². The van der Waals surface area contributed by atoms with Crippen LogP contribution in [0.15, 0.2) is 48.5 Å². The van der Waals surface area contributed by atoms with Crippen LogP contribution in [0.5, 0.6) is 5.75 Å². The predicted octanol–water partition coefficient (Wildman–Crippen LogP) is 2.79. The summed E-state index contributed by atoms with van der Waals surface area (Å²) in [6, 6.07) is 16.7. The Labute approximate surface area is 108 Å². The minimum atomic E-state index is 0.678. The van der Waals surface area contributed by atoms with Crippen LogP contribution in [0.3, 0.4) is 0 Å². The van der Waals surface area contributed by atoms with E-state index in [9.17, 15) is 0 Å². The van der Waals surface area contributed by atoms with Crippen molar-refractivity contribution in [3.8, 4) is 5.75 Å². The first-order valence-corrected chi connectivity index (χ1v) is 6.23. The Balaban J connectivity index is 2.26. The molecule has 0 aliphatic heterocycles. The van der Waals surface area contributed by atoms with E-state index in [4.69, 9.17) is 10.5 Å². The fourth-order valence-corrected chi connectivity index (χ4v) is 2.11. The molecular weight excluding hydrogens is 222 g/mol. The molecule has 2 nitrogen and oxygen atoms in total. The zero-order valence-corrected chi connectivity index (χ0v) is 10.7. The summed E-state index contributed by atoms with van der Waals surface area (Å²) >= 11 is 0. The van der Waals surface area contributed by atoms with Crippen LogP contribution in [0.4, 0.5) is 0 Å². The molecule has 2 aromatic rings. The number of hydrogen-bond donors (Lipinski definition) is 1. The molecule has 0 saturated carbocycles. The van der Waals surface area contributed by atoms with Gasteiger partial charge < -0.3 is 10.5 Å². The number of rotatable bonds is 5. The van der Waals surface area contributed by atoms with Crippen molar-refractivity contribution in [3.05, 3.63) is 65.2 Å². The van der Waals surface area contributed by atoms with Crippen LogP contribution in [-0.2, 0) is 12.8 Å². The third kappa shape index (κ3) is 3.11. The van der Waals surface area contributed by atoms with E-state index in [-0.39, 0.29) is 0 Å². The van der Waals surface area contributed by atoms with Gasteiger partial charge in [-0.1, -0.05) is 42.5 Å². The first kappa shape index (κ1) is 12.7. The number of hydrogen-bond acceptors (Lipinski definition) is 2. The zero-order chi connectivity index (χ0) is 12.8. The molecule has 0 bridgehead atoms. The largest absolute Gasteiger partial charge is 0.496 e. The molecule has 0 aromatic heterocycles. The molecule has 2 rings (SSSR count). The lowest BCUT2D eigenvalue weighted by atomic mass is 10.0. The average molecular weight is 241 g/mol. The lowest BCUT2D eigenvalue weighted by Crippen LogP contribution is -2.03. The first-order valence-electron chi connectivity index (χ1n) is 6.23. The Morgan fingerprint density at radius 1 is 1.00 bits per heavy atom. The molecule has 0 atom stereocenters. The van der Waals surface area contributed by atoms with Crippen LogP contribution in [0.2, 0.25) is 0 Å². The van der Waals surface area contributed by atoms with Crippen molar-refractivity contribution in [2.45, 2.75) is 12.8 Å². The molecule has 0 saturated heterocycles. The lowest BCUT2D eigenvalue weighted by molar-refractivity contribution is 0.410. The molecule has 0 fully saturated rings. The number of methoxy groups -OCH3 is 1. The Hall–Kier alpha value is -1.80. The number of ether oxygens (including phenoxy) is 1. The van der Waals surface area contributed by atoms with Gasteiger partial charge >= 0.3 is 0 Å². The van der Waals surface area contributed by atoms with E-state index >= 15 is 0 Å². The monoisotopic (exact) mass is 241 g/mol. The van der Waals surface area contributed by atoms with Crippen LogP contribution in [0, 0.1) is 0 Å². The Kier molecular flexibility index (Phi) is 4.37. The van der Waals surface area contributed by atoms with E-state index in [0.717, 1.165) is 18.6 Å². The van der Waals surface area contributed by atoms with Gasteiger partial charge in [0.1, 0.15) is 5.75 Å². The van der Waals surface area contributed by atoms with Gasteiger partial charge in [-0.2, -0.15) is 0 Å². The van der Waals surface area contributed by atoms with E-state index in [1.807, 2.05) is 12.1 Å². The summed E-state index contributed by atoms with van der Waals surface area (Å²) in [7, 11) is 1.71. The van der Waals surface area contributed by atoms with E-state index in [2.05, 4.69) is 36.4 Å². The molecule has 94 valence electrons. The normalized spacial score (nSPS) is 10.3. The molecule has 0 heterocycles. The summed E-state index contributed by atoms with van der Waals surface area (Å²) in [6.07, 6.45) is 1.80. The van der Waals surface area contributed by atoms with Gasteiger partial charge in [-0.05, 0) is 35.7 Å². The van der Waals surface area contributed by atoms with Gasteiger partial charge in [-0.15, -0.1) is 0 Å². The van der Waals surface area contributed by atoms with Gasteiger partial charge in [0.15, 0.2) is 0 Å². The standard InChI is InChI=1S/C16H19NO/c1-18-16-8-7-14(9-10-17)12-15(16)11-13-5-3-2-4-6-13/h2-8,12H,9-11,17H2,1H3. The average Bonchev–Trinajstić information content (AvgIpc) is 2.41.